The Morgan fingerprint density at radius 2 is 1.96 bits per heavy atom. The zero-order chi connectivity index (χ0) is 20.1. The number of esters is 1. The molecule has 2 N–H and O–H groups in total. The summed E-state index contributed by atoms with van der Waals surface area (Å²) in [5.41, 5.74) is 1.15. The minimum atomic E-state index is -0.739. The lowest BCUT2D eigenvalue weighted by atomic mass is 10.1. The number of ketones is 1. The van der Waals surface area contributed by atoms with Crippen LogP contribution in [-0.2, 0) is 9.53 Å². The number of hydrogen-bond acceptors (Lipinski definition) is 5. The van der Waals surface area contributed by atoms with Gasteiger partial charge in [0.1, 0.15) is 11.5 Å². The van der Waals surface area contributed by atoms with E-state index >= 15 is 0 Å². The van der Waals surface area contributed by atoms with E-state index in [1.165, 1.54) is 42.7 Å². The Morgan fingerprint density at radius 3 is 2.57 bits per heavy atom. The van der Waals surface area contributed by atoms with Crippen LogP contribution in [0.25, 0.3) is 0 Å². The standard InChI is InChI=1S/C20H17FN2O4S/c1-12(24)14-9-16(22-10-14)20(26)27-11-18(25)23-19(17-3-2-8-28-17)13-4-6-15(21)7-5-13/h2-10,19,22H,11H2,1H3,(H,23,25)/t19-/m1/s1. The molecular formula is C20H17FN2O4S. The average Bonchev–Trinajstić information content (AvgIpc) is 3.37. The second-order valence-electron chi connectivity index (χ2n) is 6.00. The average molecular weight is 400 g/mol. The molecule has 28 heavy (non-hydrogen) atoms. The van der Waals surface area contributed by atoms with E-state index in [1.807, 2.05) is 17.5 Å². The van der Waals surface area contributed by atoms with Crippen LogP contribution >= 0.6 is 11.3 Å². The van der Waals surface area contributed by atoms with Gasteiger partial charge < -0.3 is 15.0 Å². The van der Waals surface area contributed by atoms with E-state index in [4.69, 9.17) is 4.74 Å². The molecule has 144 valence electrons. The van der Waals surface area contributed by atoms with E-state index in [9.17, 15) is 18.8 Å². The molecular weight excluding hydrogens is 383 g/mol. The monoisotopic (exact) mass is 400 g/mol. The molecule has 0 radical (unpaired) electrons. The predicted octanol–water partition coefficient (Wildman–Crippen LogP) is 3.48. The van der Waals surface area contributed by atoms with E-state index in [0.29, 0.717) is 11.1 Å². The highest BCUT2D eigenvalue weighted by molar-refractivity contribution is 7.10. The topological polar surface area (TPSA) is 88.3 Å². The van der Waals surface area contributed by atoms with Crippen LogP contribution in [0.2, 0.25) is 0 Å². The largest absolute Gasteiger partial charge is 0.451 e. The molecule has 0 aliphatic carbocycles. The lowest BCUT2D eigenvalue weighted by molar-refractivity contribution is -0.124. The number of carbonyl (C=O) groups is 3. The highest BCUT2D eigenvalue weighted by Gasteiger charge is 2.20. The first-order valence-electron chi connectivity index (χ1n) is 8.38. The molecule has 0 aliphatic heterocycles. The van der Waals surface area contributed by atoms with Crippen molar-refractivity contribution < 1.29 is 23.5 Å². The number of rotatable bonds is 7. The Balaban J connectivity index is 1.64. The van der Waals surface area contributed by atoms with Crippen LogP contribution in [0.3, 0.4) is 0 Å². The summed E-state index contributed by atoms with van der Waals surface area (Å²) >= 11 is 1.45. The molecule has 8 heteroatoms. The van der Waals surface area contributed by atoms with Crippen molar-refractivity contribution in [2.24, 2.45) is 0 Å². The van der Waals surface area contributed by atoms with E-state index in [0.717, 1.165) is 4.88 Å². The molecule has 0 fully saturated rings. The molecule has 0 unspecified atom stereocenters. The Bertz CT molecular complexity index is 980. The normalized spacial score (nSPS) is 11.6. The van der Waals surface area contributed by atoms with Gasteiger partial charge in [-0.05, 0) is 42.1 Å². The lowest BCUT2D eigenvalue weighted by Gasteiger charge is -2.18. The molecule has 6 nitrogen and oxygen atoms in total. The van der Waals surface area contributed by atoms with Crippen molar-refractivity contribution in [3.8, 4) is 0 Å². The van der Waals surface area contributed by atoms with Gasteiger partial charge in [-0.2, -0.15) is 0 Å². The highest BCUT2D eigenvalue weighted by atomic mass is 32.1. The molecule has 1 amide bonds. The first-order valence-corrected chi connectivity index (χ1v) is 9.26. The third-order valence-electron chi connectivity index (χ3n) is 3.98. The molecule has 1 aromatic carbocycles. The van der Waals surface area contributed by atoms with Gasteiger partial charge in [0.25, 0.3) is 5.91 Å². The number of thiophene rings is 1. The summed E-state index contributed by atoms with van der Waals surface area (Å²) in [4.78, 5) is 39.1. The number of amides is 1. The van der Waals surface area contributed by atoms with Gasteiger partial charge in [0.15, 0.2) is 12.4 Å². The maximum atomic E-state index is 13.2. The van der Waals surface area contributed by atoms with Crippen LogP contribution in [0, 0.1) is 5.82 Å². The quantitative estimate of drug-likeness (QED) is 0.469. The molecule has 0 saturated carbocycles. The van der Waals surface area contributed by atoms with Crippen molar-refractivity contribution in [3.63, 3.8) is 0 Å². The van der Waals surface area contributed by atoms with Crippen LogP contribution < -0.4 is 5.32 Å². The van der Waals surface area contributed by atoms with Crippen LogP contribution in [0.1, 0.15) is 44.3 Å². The summed E-state index contributed by atoms with van der Waals surface area (Å²) in [7, 11) is 0. The van der Waals surface area contributed by atoms with Gasteiger partial charge in [-0.15, -0.1) is 11.3 Å². The van der Waals surface area contributed by atoms with E-state index < -0.39 is 24.5 Å². The summed E-state index contributed by atoms with van der Waals surface area (Å²) < 4.78 is 18.2. The van der Waals surface area contributed by atoms with Crippen molar-refractivity contribution in [1.29, 1.82) is 0 Å². The molecule has 2 heterocycles. The molecule has 3 rings (SSSR count). The van der Waals surface area contributed by atoms with Crippen molar-refractivity contribution in [2.75, 3.05) is 6.61 Å². The third kappa shape index (κ3) is 4.72. The first kappa shape index (κ1) is 19.5. The smallest absolute Gasteiger partial charge is 0.355 e. The van der Waals surface area contributed by atoms with Gasteiger partial charge in [0.2, 0.25) is 0 Å². The molecule has 1 atom stereocenters. The van der Waals surface area contributed by atoms with E-state index in [2.05, 4.69) is 10.3 Å². The molecule has 0 aliphatic rings. The number of nitrogens with one attached hydrogen (secondary N) is 2. The van der Waals surface area contributed by atoms with Gasteiger partial charge >= 0.3 is 5.97 Å². The molecule has 0 saturated heterocycles. The van der Waals surface area contributed by atoms with Gasteiger partial charge in [0, 0.05) is 16.6 Å². The zero-order valence-electron chi connectivity index (χ0n) is 14.9. The van der Waals surface area contributed by atoms with Gasteiger partial charge in [-0.3, -0.25) is 9.59 Å². The summed E-state index contributed by atoms with van der Waals surface area (Å²) in [5, 5.41) is 4.66. The van der Waals surface area contributed by atoms with Crippen LogP contribution in [0.4, 0.5) is 4.39 Å². The summed E-state index contributed by atoms with van der Waals surface area (Å²) in [6.07, 6.45) is 1.40. The highest BCUT2D eigenvalue weighted by Crippen LogP contribution is 2.26. The molecule has 3 aromatic rings. The number of carbonyl (C=O) groups excluding carboxylic acids is 3. The Hall–Kier alpha value is -3.26. The second-order valence-corrected chi connectivity index (χ2v) is 6.98. The zero-order valence-corrected chi connectivity index (χ0v) is 15.7. The molecule has 0 spiro atoms. The number of H-pyrrole nitrogens is 1. The van der Waals surface area contributed by atoms with Crippen molar-refractivity contribution >= 4 is 29.0 Å². The first-order chi connectivity index (χ1) is 13.4. The fourth-order valence-electron chi connectivity index (χ4n) is 2.56. The van der Waals surface area contributed by atoms with Gasteiger partial charge in [-0.25, -0.2) is 9.18 Å². The minimum Gasteiger partial charge on any atom is -0.451 e. The Morgan fingerprint density at radius 1 is 1.21 bits per heavy atom. The fraction of sp³-hybridized carbons (Fsp3) is 0.150. The van der Waals surface area contributed by atoms with E-state index in [-0.39, 0.29) is 17.3 Å². The molecule has 0 bridgehead atoms. The number of benzene rings is 1. The Kier molecular flexibility index (Phi) is 6.00. The van der Waals surface area contributed by atoms with Crippen LogP contribution in [-0.4, -0.2) is 29.3 Å². The lowest BCUT2D eigenvalue weighted by Crippen LogP contribution is -2.32. The minimum absolute atomic E-state index is 0.0892. The number of ether oxygens (including phenoxy) is 1. The van der Waals surface area contributed by atoms with Gasteiger partial charge in [0.05, 0.1) is 6.04 Å². The predicted molar refractivity (Wildman–Crippen MR) is 102 cm³/mol. The maximum absolute atomic E-state index is 13.2. The SMILES string of the molecule is CC(=O)c1c[nH]c(C(=O)OCC(=O)N[C@H](c2ccc(F)cc2)c2cccs2)c1. The number of aromatic amines is 1. The van der Waals surface area contributed by atoms with E-state index in [1.54, 1.807) is 12.1 Å². The van der Waals surface area contributed by atoms with Crippen molar-refractivity contribution in [1.82, 2.24) is 10.3 Å². The van der Waals surface area contributed by atoms with Crippen LogP contribution in [0.15, 0.2) is 54.0 Å². The number of aromatic nitrogens is 1. The maximum Gasteiger partial charge on any atom is 0.355 e. The second kappa shape index (κ2) is 8.62. The van der Waals surface area contributed by atoms with Crippen LogP contribution in [0.5, 0.6) is 0 Å². The number of Topliss-reactive ketones (excluding diaryl/α,β-unsaturated/α-hetero) is 1. The number of halogens is 1. The Labute approximate surface area is 164 Å². The summed E-state index contributed by atoms with van der Waals surface area (Å²) in [6.45, 7) is 0.891. The third-order valence-corrected chi connectivity index (χ3v) is 4.92. The summed E-state index contributed by atoms with van der Waals surface area (Å²) in [5.74, 6) is -1.80. The number of hydrogen-bond donors (Lipinski definition) is 2. The fourth-order valence-corrected chi connectivity index (χ4v) is 3.36. The molecule has 2 aromatic heterocycles. The van der Waals surface area contributed by atoms with Crippen molar-refractivity contribution in [3.05, 3.63) is 81.6 Å². The van der Waals surface area contributed by atoms with Crippen molar-refractivity contribution in [2.45, 2.75) is 13.0 Å². The van der Waals surface area contributed by atoms with Gasteiger partial charge in [-0.1, -0.05) is 18.2 Å². The summed E-state index contributed by atoms with van der Waals surface area (Å²) in [6, 6.07) is 10.4.